The van der Waals surface area contributed by atoms with E-state index in [-0.39, 0.29) is 23.7 Å². The number of hydrogen-bond donors (Lipinski definition) is 0. The third-order valence-corrected chi connectivity index (χ3v) is 4.65. The molecule has 0 atom stereocenters. The number of carbonyl (C=O) groups is 1. The number of nitro benzene ring substituents is 1. The van der Waals surface area contributed by atoms with Gasteiger partial charge in [0.1, 0.15) is 6.54 Å². The average molecular weight is 373 g/mol. The Bertz CT molecular complexity index is 1020. The second-order valence-electron chi connectivity index (χ2n) is 5.51. The molecule has 0 aliphatic heterocycles. The molecular weight excluding hydrogens is 358 g/mol. The molecule has 0 spiro atoms. The summed E-state index contributed by atoms with van der Waals surface area (Å²) in [5.74, 6) is -1.01. The van der Waals surface area contributed by atoms with Crippen LogP contribution in [0.4, 0.5) is 5.69 Å². The van der Waals surface area contributed by atoms with E-state index in [0.717, 1.165) is 4.88 Å². The van der Waals surface area contributed by atoms with Gasteiger partial charge in [0.2, 0.25) is 5.91 Å². The molecule has 0 N–H and O–H groups in total. The molecule has 0 aliphatic rings. The van der Waals surface area contributed by atoms with Crippen LogP contribution in [0.15, 0.2) is 57.6 Å². The smallest absolute Gasteiger partial charge is 0.407 e. The number of amides is 1. The number of nitro groups is 1. The van der Waals surface area contributed by atoms with E-state index in [4.69, 9.17) is 4.42 Å². The van der Waals surface area contributed by atoms with Gasteiger partial charge in [0.05, 0.1) is 23.1 Å². The minimum absolute atomic E-state index is 0.0746. The van der Waals surface area contributed by atoms with E-state index in [1.54, 1.807) is 11.0 Å². The molecule has 2 aromatic heterocycles. The molecule has 0 aliphatic carbocycles. The predicted molar refractivity (Wildman–Crippen MR) is 97.1 cm³/mol. The van der Waals surface area contributed by atoms with E-state index in [0.29, 0.717) is 18.6 Å². The summed E-state index contributed by atoms with van der Waals surface area (Å²) in [6.07, 6.45) is 1.62. The Morgan fingerprint density at radius 3 is 2.88 bits per heavy atom. The van der Waals surface area contributed by atoms with Crippen LogP contribution in [0.5, 0.6) is 0 Å². The number of hydrogen-bond acceptors (Lipinski definition) is 6. The normalized spacial score (nSPS) is 10.8. The van der Waals surface area contributed by atoms with Gasteiger partial charge in [-0.05, 0) is 17.5 Å². The lowest BCUT2D eigenvalue weighted by Gasteiger charge is -2.20. The van der Waals surface area contributed by atoms with E-state index in [9.17, 15) is 19.7 Å². The highest BCUT2D eigenvalue weighted by atomic mass is 32.1. The van der Waals surface area contributed by atoms with Crippen molar-refractivity contribution in [2.75, 3.05) is 6.54 Å². The van der Waals surface area contributed by atoms with Crippen molar-refractivity contribution in [1.29, 1.82) is 0 Å². The number of benzene rings is 1. The van der Waals surface area contributed by atoms with Gasteiger partial charge in [-0.1, -0.05) is 12.1 Å². The van der Waals surface area contributed by atoms with Crippen LogP contribution < -0.4 is 5.76 Å². The van der Waals surface area contributed by atoms with E-state index >= 15 is 0 Å². The van der Waals surface area contributed by atoms with Crippen LogP contribution >= 0.6 is 11.3 Å². The second-order valence-corrected chi connectivity index (χ2v) is 6.54. The highest BCUT2D eigenvalue weighted by Crippen LogP contribution is 2.20. The zero-order valence-corrected chi connectivity index (χ0v) is 14.5. The molecule has 3 aromatic rings. The molecular formula is C17H15N3O5S. The van der Waals surface area contributed by atoms with Crippen LogP contribution in [0.1, 0.15) is 4.88 Å². The Labute approximate surface area is 151 Å². The Morgan fingerprint density at radius 2 is 2.23 bits per heavy atom. The third-order valence-electron chi connectivity index (χ3n) is 3.79. The molecule has 9 heteroatoms. The summed E-state index contributed by atoms with van der Waals surface area (Å²) >= 11 is 1.53. The van der Waals surface area contributed by atoms with Gasteiger partial charge >= 0.3 is 5.76 Å². The lowest BCUT2D eigenvalue weighted by Crippen LogP contribution is -2.35. The summed E-state index contributed by atoms with van der Waals surface area (Å²) in [6.45, 7) is 4.20. The van der Waals surface area contributed by atoms with Gasteiger partial charge < -0.3 is 9.32 Å². The van der Waals surface area contributed by atoms with Gasteiger partial charge in [0.25, 0.3) is 5.69 Å². The molecule has 26 heavy (non-hydrogen) atoms. The first-order valence-electron chi connectivity index (χ1n) is 7.68. The molecule has 0 saturated heterocycles. The maximum atomic E-state index is 12.7. The van der Waals surface area contributed by atoms with Crippen molar-refractivity contribution < 1.29 is 14.1 Å². The van der Waals surface area contributed by atoms with Crippen LogP contribution in [-0.2, 0) is 17.9 Å². The first-order valence-corrected chi connectivity index (χ1v) is 8.56. The van der Waals surface area contributed by atoms with Crippen LogP contribution in [0, 0.1) is 10.1 Å². The Balaban J connectivity index is 1.87. The molecule has 0 fully saturated rings. The van der Waals surface area contributed by atoms with Crippen LogP contribution in [0.2, 0.25) is 0 Å². The van der Waals surface area contributed by atoms with Crippen molar-refractivity contribution in [1.82, 2.24) is 9.47 Å². The number of carbonyl (C=O) groups excluding carboxylic acids is 1. The zero-order valence-electron chi connectivity index (χ0n) is 13.7. The topological polar surface area (TPSA) is 98.6 Å². The summed E-state index contributed by atoms with van der Waals surface area (Å²) < 4.78 is 6.22. The number of nitrogens with zero attached hydrogens (tertiary/aromatic N) is 3. The van der Waals surface area contributed by atoms with Gasteiger partial charge in [-0.15, -0.1) is 17.9 Å². The number of fused-ring (bicyclic) bond motifs is 1. The van der Waals surface area contributed by atoms with Gasteiger partial charge in [-0.25, -0.2) is 4.79 Å². The Morgan fingerprint density at radius 1 is 1.42 bits per heavy atom. The van der Waals surface area contributed by atoms with Gasteiger partial charge in [-0.3, -0.25) is 19.5 Å². The largest absolute Gasteiger partial charge is 0.420 e. The maximum absolute atomic E-state index is 12.7. The van der Waals surface area contributed by atoms with E-state index in [1.165, 1.54) is 34.1 Å². The highest BCUT2D eigenvalue weighted by Gasteiger charge is 2.19. The first kappa shape index (κ1) is 17.6. The van der Waals surface area contributed by atoms with Crippen molar-refractivity contribution in [2.45, 2.75) is 13.1 Å². The summed E-state index contributed by atoms with van der Waals surface area (Å²) in [6, 6.07) is 7.67. The molecule has 3 rings (SSSR count). The quantitative estimate of drug-likeness (QED) is 0.360. The number of thiophene rings is 1. The minimum atomic E-state index is -0.733. The predicted octanol–water partition coefficient (Wildman–Crippen LogP) is 2.78. The van der Waals surface area contributed by atoms with Crippen molar-refractivity contribution in [2.24, 2.45) is 0 Å². The maximum Gasteiger partial charge on any atom is 0.420 e. The zero-order chi connectivity index (χ0) is 18.7. The van der Waals surface area contributed by atoms with Gasteiger partial charge in [0, 0.05) is 17.5 Å². The number of non-ortho nitro benzene ring substituents is 1. The fourth-order valence-corrected chi connectivity index (χ4v) is 3.27. The molecule has 0 unspecified atom stereocenters. The average Bonchev–Trinajstić information content (AvgIpc) is 3.22. The van der Waals surface area contributed by atoms with Crippen molar-refractivity contribution >= 4 is 34.0 Å². The SMILES string of the molecule is C=CCN(Cc1cccs1)C(=O)Cn1c(=O)oc2cc([N+](=O)[O-])ccc21. The van der Waals surface area contributed by atoms with Crippen LogP contribution in [0.3, 0.4) is 0 Å². The standard InChI is InChI=1S/C17H15N3O5S/c1-2-7-18(10-13-4-3-8-26-13)16(21)11-19-14-6-5-12(20(23)24)9-15(14)25-17(19)22/h2-6,8-9H,1,7,10-11H2. The Hall–Kier alpha value is -3.20. The molecule has 8 nitrogen and oxygen atoms in total. The molecule has 1 amide bonds. The summed E-state index contributed by atoms with van der Waals surface area (Å²) in [4.78, 5) is 37.6. The summed E-state index contributed by atoms with van der Waals surface area (Å²) in [5, 5.41) is 12.8. The lowest BCUT2D eigenvalue weighted by atomic mass is 10.3. The number of aromatic nitrogens is 1. The van der Waals surface area contributed by atoms with Crippen LogP contribution in [0.25, 0.3) is 11.1 Å². The second kappa shape index (κ2) is 7.36. The molecule has 1 aromatic carbocycles. The first-order chi connectivity index (χ1) is 12.5. The minimum Gasteiger partial charge on any atom is -0.407 e. The van der Waals surface area contributed by atoms with Gasteiger partial charge in [0.15, 0.2) is 5.58 Å². The molecule has 134 valence electrons. The van der Waals surface area contributed by atoms with Gasteiger partial charge in [-0.2, -0.15) is 0 Å². The van der Waals surface area contributed by atoms with Crippen LogP contribution in [-0.4, -0.2) is 26.8 Å². The molecule has 0 radical (unpaired) electrons. The highest BCUT2D eigenvalue weighted by molar-refractivity contribution is 7.09. The monoisotopic (exact) mass is 373 g/mol. The van der Waals surface area contributed by atoms with E-state index < -0.39 is 10.7 Å². The summed E-state index contributed by atoms with van der Waals surface area (Å²) in [5.41, 5.74) is 0.227. The third kappa shape index (κ3) is 3.57. The molecule has 0 saturated carbocycles. The van der Waals surface area contributed by atoms with E-state index in [2.05, 4.69) is 6.58 Å². The number of rotatable bonds is 7. The van der Waals surface area contributed by atoms with Crippen molar-refractivity contribution in [3.63, 3.8) is 0 Å². The Kier molecular flexibility index (Phi) is 4.99. The van der Waals surface area contributed by atoms with Crippen molar-refractivity contribution in [3.8, 4) is 0 Å². The molecule has 2 heterocycles. The van der Waals surface area contributed by atoms with Crippen molar-refractivity contribution in [3.05, 3.63) is 73.9 Å². The fourth-order valence-electron chi connectivity index (χ4n) is 2.55. The number of oxazole rings is 1. The lowest BCUT2D eigenvalue weighted by molar-refractivity contribution is -0.384. The van der Waals surface area contributed by atoms with E-state index in [1.807, 2.05) is 17.5 Å². The fraction of sp³-hybridized carbons (Fsp3) is 0.176. The molecule has 0 bridgehead atoms. The summed E-state index contributed by atoms with van der Waals surface area (Å²) in [7, 11) is 0.